The van der Waals surface area contributed by atoms with Gasteiger partial charge in [0, 0.05) is 29.3 Å². The first-order valence-corrected chi connectivity index (χ1v) is 10.5. The number of phenols is 1. The van der Waals surface area contributed by atoms with E-state index in [1.54, 1.807) is 32.0 Å². The van der Waals surface area contributed by atoms with E-state index < -0.39 is 15.5 Å². The largest absolute Gasteiger partial charge is 0.508 e. The lowest BCUT2D eigenvalue weighted by molar-refractivity contribution is -0.498. The van der Waals surface area contributed by atoms with Crippen LogP contribution in [0.2, 0.25) is 0 Å². The van der Waals surface area contributed by atoms with Gasteiger partial charge in [-0.15, -0.1) is 0 Å². The fraction of sp³-hybridized carbons (Fsp3) is 0.526. The van der Waals surface area contributed by atoms with Crippen molar-refractivity contribution >= 4 is 28.5 Å². The van der Waals surface area contributed by atoms with E-state index in [2.05, 4.69) is 15.6 Å². The average Bonchev–Trinajstić information content (AvgIpc) is 2.69. The monoisotopic (exact) mass is 407 g/mol. The van der Waals surface area contributed by atoms with Crippen LogP contribution in [0.15, 0.2) is 29.3 Å². The second-order valence-corrected chi connectivity index (χ2v) is 9.73. The van der Waals surface area contributed by atoms with Gasteiger partial charge in [0.25, 0.3) is 11.8 Å². The van der Waals surface area contributed by atoms with Crippen LogP contribution in [0, 0.1) is 0 Å². The number of hydrogen-bond acceptors (Lipinski definition) is 6. The molecule has 1 unspecified atom stereocenters. The number of benzene rings is 1. The van der Waals surface area contributed by atoms with Crippen LogP contribution in [0.1, 0.15) is 32.3 Å². The quantitative estimate of drug-likeness (QED) is 0.632. The van der Waals surface area contributed by atoms with E-state index in [9.17, 15) is 14.1 Å². The molecule has 1 amide bonds. The number of phenolic OH excluding ortho intramolecular Hbond substituents is 1. The van der Waals surface area contributed by atoms with Crippen LogP contribution in [-0.4, -0.2) is 68.5 Å². The van der Waals surface area contributed by atoms with Gasteiger partial charge in [-0.25, -0.2) is 9.89 Å². The van der Waals surface area contributed by atoms with Crippen molar-refractivity contribution in [1.29, 1.82) is 0 Å². The third-order valence-corrected chi connectivity index (χ3v) is 7.20. The fourth-order valence-corrected chi connectivity index (χ4v) is 4.85. The van der Waals surface area contributed by atoms with Gasteiger partial charge < -0.3 is 9.84 Å². The van der Waals surface area contributed by atoms with Gasteiger partial charge in [-0.3, -0.25) is 14.3 Å². The lowest BCUT2D eigenvalue weighted by Crippen LogP contribution is -2.56. The van der Waals surface area contributed by atoms with Crippen molar-refractivity contribution in [2.24, 2.45) is 4.99 Å². The third-order valence-electron chi connectivity index (χ3n) is 4.93. The van der Waals surface area contributed by atoms with Gasteiger partial charge in [0.2, 0.25) is 5.91 Å². The summed E-state index contributed by atoms with van der Waals surface area (Å²) < 4.78 is 19.1. The van der Waals surface area contributed by atoms with E-state index in [0.29, 0.717) is 44.5 Å². The topological polar surface area (TPSA) is 103 Å². The van der Waals surface area contributed by atoms with Crippen LogP contribution in [-0.2, 0) is 20.3 Å². The molecule has 2 aliphatic rings. The standard InChI is InChI=1S/C19H26N4O4S/c1-19(2,28(26)15-7-9-27-10-8-15)17(25)22-18-20-12-23(3)16(21-18)13-5-4-6-14(24)11-13/h4-6,11,15H,7-10,12H2,1-3H3,(H2,20,22,24,25)/p+1. The number of ether oxygens (including phenoxy) is 1. The molecule has 0 spiro atoms. The Labute approximate surface area is 167 Å². The van der Waals surface area contributed by atoms with Crippen molar-refractivity contribution in [2.45, 2.75) is 36.7 Å². The van der Waals surface area contributed by atoms with Crippen LogP contribution < -0.4 is 10.6 Å². The van der Waals surface area contributed by atoms with Gasteiger partial charge in [-0.2, -0.15) is 4.99 Å². The molecule has 1 saturated heterocycles. The molecule has 3 N–H and O–H groups in total. The number of guanidine groups is 1. The Kier molecular flexibility index (Phi) is 6.14. The predicted octanol–water partition coefficient (Wildman–Crippen LogP) is 0.520. The zero-order valence-corrected chi connectivity index (χ0v) is 17.2. The molecule has 1 aromatic rings. The number of nitrogens with one attached hydrogen (secondary N) is 2. The Morgan fingerprint density at radius 2 is 2.11 bits per heavy atom. The number of amides is 1. The highest BCUT2D eigenvalue weighted by molar-refractivity contribution is 7.87. The van der Waals surface area contributed by atoms with E-state index in [1.807, 2.05) is 17.7 Å². The molecule has 0 bridgehead atoms. The number of amidine groups is 1. The summed E-state index contributed by atoms with van der Waals surface area (Å²) in [5.74, 6) is 0.827. The predicted molar refractivity (Wildman–Crippen MR) is 108 cm³/mol. The van der Waals surface area contributed by atoms with Crippen molar-refractivity contribution < 1.29 is 23.4 Å². The molecule has 2 aliphatic heterocycles. The number of rotatable bonds is 4. The van der Waals surface area contributed by atoms with Crippen molar-refractivity contribution in [3.8, 4) is 5.75 Å². The molecule has 0 saturated carbocycles. The highest BCUT2D eigenvalue weighted by atomic mass is 32.2. The summed E-state index contributed by atoms with van der Waals surface area (Å²) in [6.07, 6.45) is 1.39. The minimum absolute atomic E-state index is 0.0451. The first-order chi connectivity index (χ1) is 13.3. The number of nitrogens with zero attached hydrogens (tertiary/aromatic N) is 2. The lowest BCUT2D eigenvalue weighted by atomic mass is 10.2. The number of aromatic hydroxyl groups is 1. The van der Waals surface area contributed by atoms with E-state index in [4.69, 9.17) is 4.74 Å². The summed E-state index contributed by atoms with van der Waals surface area (Å²) in [5.41, 5.74) is 0.772. The summed E-state index contributed by atoms with van der Waals surface area (Å²) >= 11 is 0. The number of hydrogen-bond donors (Lipinski definition) is 3. The van der Waals surface area contributed by atoms with Crippen molar-refractivity contribution in [1.82, 2.24) is 10.6 Å². The SMILES string of the molecule is C[N+]1=C(c2cccc(O)c2)NC(NC(=O)C(C)(C)S(=O)C2CCOCC2)=NC1. The third kappa shape index (κ3) is 4.41. The van der Waals surface area contributed by atoms with Gasteiger partial charge >= 0.3 is 0 Å². The van der Waals surface area contributed by atoms with Crippen LogP contribution in [0.4, 0.5) is 0 Å². The Balaban J connectivity index is 1.69. The normalized spacial score (nSPS) is 19.6. The van der Waals surface area contributed by atoms with Crippen molar-refractivity contribution in [2.75, 3.05) is 26.9 Å². The zero-order valence-electron chi connectivity index (χ0n) is 16.4. The first-order valence-electron chi connectivity index (χ1n) is 9.28. The number of carbonyl (C=O) groups excluding carboxylic acids is 1. The zero-order chi connectivity index (χ0) is 20.3. The van der Waals surface area contributed by atoms with E-state index in [1.165, 1.54) is 0 Å². The number of carbonyl (C=O) groups is 1. The fourth-order valence-electron chi connectivity index (χ4n) is 3.17. The minimum atomic E-state index is -1.33. The molecule has 1 aromatic carbocycles. The highest BCUT2D eigenvalue weighted by Crippen LogP contribution is 2.24. The van der Waals surface area contributed by atoms with Gasteiger partial charge in [-0.05, 0) is 44.9 Å². The molecule has 9 heteroatoms. The van der Waals surface area contributed by atoms with Crippen LogP contribution >= 0.6 is 0 Å². The van der Waals surface area contributed by atoms with Gasteiger partial charge in [0.05, 0.1) is 12.6 Å². The van der Waals surface area contributed by atoms with Crippen LogP contribution in [0.3, 0.4) is 0 Å². The molecule has 1 fully saturated rings. The molecule has 3 rings (SSSR count). The van der Waals surface area contributed by atoms with Gasteiger partial charge in [-0.1, -0.05) is 6.07 Å². The summed E-state index contributed by atoms with van der Waals surface area (Å²) in [5, 5.41) is 15.6. The summed E-state index contributed by atoms with van der Waals surface area (Å²) in [6.45, 7) is 4.90. The van der Waals surface area contributed by atoms with Crippen LogP contribution in [0.25, 0.3) is 0 Å². The maximum Gasteiger partial charge on any atom is 0.298 e. The second-order valence-electron chi connectivity index (χ2n) is 7.44. The van der Waals surface area contributed by atoms with Gasteiger partial charge in [0.1, 0.15) is 10.5 Å². The maximum atomic E-state index is 13.0. The Bertz CT molecular complexity index is 844. The molecule has 0 aliphatic carbocycles. The molecule has 0 radical (unpaired) electrons. The van der Waals surface area contributed by atoms with E-state index >= 15 is 0 Å². The Hall–Kier alpha value is -2.26. The molecule has 28 heavy (non-hydrogen) atoms. The number of aliphatic imine (C=N–C) groups is 1. The average molecular weight is 408 g/mol. The van der Waals surface area contributed by atoms with E-state index in [0.717, 1.165) is 5.56 Å². The van der Waals surface area contributed by atoms with Gasteiger partial charge in [0.15, 0.2) is 6.67 Å². The second kappa shape index (κ2) is 8.40. The smallest absolute Gasteiger partial charge is 0.298 e. The van der Waals surface area contributed by atoms with Crippen molar-refractivity contribution in [3.05, 3.63) is 29.8 Å². The molecular weight excluding hydrogens is 380 g/mol. The first kappa shape index (κ1) is 20.5. The molecule has 152 valence electrons. The molecular formula is C19H27N4O4S+. The molecule has 0 aromatic heterocycles. The Morgan fingerprint density at radius 1 is 1.39 bits per heavy atom. The molecule has 1 atom stereocenters. The molecule has 2 heterocycles. The summed E-state index contributed by atoms with van der Waals surface area (Å²) in [7, 11) is 0.529. The maximum absolute atomic E-state index is 13.0. The van der Waals surface area contributed by atoms with Crippen molar-refractivity contribution in [3.63, 3.8) is 0 Å². The van der Waals surface area contributed by atoms with Crippen LogP contribution in [0.5, 0.6) is 5.75 Å². The Morgan fingerprint density at radius 3 is 2.79 bits per heavy atom. The molecule has 8 nitrogen and oxygen atoms in total. The summed E-state index contributed by atoms with van der Waals surface area (Å²) in [4.78, 5) is 17.2. The minimum Gasteiger partial charge on any atom is -0.508 e. The highest BCUT2D eigenvalue weighted by Gasteiger charge is 2.40. The lowest BCUT2D eigenvalue weighted by Gasteiger charge is -2.30. The summed E-state index contributed by atoms with van der Waals surface area (Å²) in [6, 6.07) is 6.83. The van der Waals surface area contributed by atoms with E-state index in [-0.39, 0.29) is 16.9 Å².